The summed E-state index contributed by atoms with van der Waals surface area (Å²) in [4.78, 5) is 13.2. The number of nitro groups is 1. The highest BCUT2D eigenvalue weighted by molar-refractivity contribution is 5.93. The summed E-state index contributed by atoms with van der Waals surface area (Å²) in [6, 6.07) is 11.9. The number of aromatic nitrogens is 2. The Balaban J connectivity index is 2.34. The standard InChI is InChI=1S/C13H8N6O2/c14-17-16-12-6-10(19(20)21)7-13-11(12)8-15-18(13)9-4-2-1-3-5-9/h1-8H. The predicted molar refractivity (Wildman–Crippen MR) is 76.5 cm³/mol. The number of hydrogen-bond donors (Lipinski definition) is 0. The second-order valence-electron chi connectivity index (χ2n) is 4.24. The summed E-state index contributed by atoms with van der Waals surface area (Å²) in [6.07, 6.45) is 1.52. The van der Waals surface area contributed by atoms with Crippen LogP contribution in [0.3, 0.4) is 0 Å². The van der Waals surface area contributed by atoms with Gasteiger partial charge in [0.15, 0.2) is 0 Å². The Bertz CT molecular complexity index is 880. The van der Waals surface area contributed by atoms with Crippen molar-refractivity contribution in [3.8, 4) is 5.69 Å². The summed E-state index contributed by atoms with van der Waals surface area (Å²) in [5.74, 6) is 0. The fourth-order valence-corrected chi connectivity index (χ4v) is 2.10. The van der Waals surface area contributed by atoms with E-state index in [9.17, 15) is 10.1 Å². The summed E-state index contributed by atoms with van der Waals surface area (Å²) in [5, 5.41) is 19.3. The topological polar surface area (TPSA) is 110 Å². The maximum atomic E-state index is 11.0. The van der Waals surface area contributed by atoms with Gasteiger partial charge in [0.05, 0.1) is 28.0 Å². The Kier molecular flexibility index (Phi) is 2.98. The van der Waals surface area contributed by atoms with Crippen molar-refractivity contribution in [2.75, 3.05) is 0 Å². The van der Waals surface area contributed by atoms with E-state index in [1.807, 2.05) is 30.3 Å². The molecule has 0 atom stereocenters. The lowest BCUT2D eigenvalue weighted by atomic mass is 10.2. The fourth-order valence-electron chi connectivity index (χ4n) is 2.10. The largest absolute Gasteiger partial charge is 0.272 e. The van der Waals surface area contributed by atoms with Gasteiger partial charge in [0.1, 0.15) is 0 Å². The van der Waals surface area contributed by atoms with Crippen LogP contribution < -0.4 is 0 Å². The molecule has 8 nitrogen and oxygen atoms in total. The summed E-state index contributed by atoms with van der Waals surface area (Å²) >= 11 is 0. The molecular formula is C13H8N6O2. The number of fused-ring (bicyclic) bond motifs is 1. The minimum Gasteiger partial charge on any atom is -0.258 e. The van der Waals surface area contributed by atoms with E-state index < -0.39 is 4.92 Å². The van der Waals surface area contributed by atoms with Crippen LogP contribution in [0.2, 0.25) is 0 Å². The first-order valence-electron chi connectivity index (χ1n) is 5.97. The molecule has 0 fully saturated rings. The van der Waals surface area contributed by atoms with Gasteiger partial charge in [-0.25, -0.2) is 4.68 Å². The first-order valence-corrected chi connectivity index (χ1v) is 5.97. The molecule has 0 N–H and O–H groups in total. The van der Waals surface area contributed by atoms with Gasteiger partial charge in [-0.15, -0.1) is 0 Å². The van der Waals surface area contributed by atoms with Crippen LogP contribution in [-0.2, 0) is 0 Å². The molecule has 0 aliphatic rings. The predicted octanol–water partition coefficient (Wildman–Crippen LogP) is 3.88. The average molecular weight is 280 g/mol. The van der Waals surface area contributed by atoms with Crippen LogP contribution in [0.1, 0.15) is 0 Å². The molecule has 21 heavy (non-hydrogen) atoms. The van der Waals surface area contributed by atoms with Gasteiger partial charge in [0.2, 0.25) is 0 Å². The zero-order chi connectivity index (χ0) is 14.8. The normalized spacial score (nSPS) is 10.3. The summed E-state index contributed by atoms with van der Waals surface area (Å²) < 4.78 is 1.57. The minimum absolute atomic E-state index is 0.150. The van der Waals surface area contributed by atoms with Gasteiger partial charge >= 0.3 is 0 Å². The van der Waals surface area contributed by atoms with Crippen molar-refractivity contribution in [2.24, 2.45) is 5.11 Å². The van der Waals surface area contributed by atoms with Crippen LogP contribution in [-0.4, -0.2) is 14.7 Å². The fraction of sp³-hybridized carbons (Fsp3) is 0. The molecule has 0 unspecified atom stereocenters. The van der Waals surface area contributed by atoms with Crippen LogP contribution in [0, 0.1) is 10.1 Å². The zero-order valence-electron chi connectivity index (χ0n) is 10.6. The molecule has 2 aromatic carbocycles. The zero-order valence-corrected chi connectivity index (χ0v) is 10.6. The molecule has 0 amide bonds. The third-order valence-electron chi connectivity index (χ3n) is 3.02. The first kappa shape index (κ1) is 12.6. The number of para-hydroxylation sites is 1. The van der Waals surface area contributed by atoms with Crippen molar-refractivity contribution in [1.82, 2.24) is 9.78 Å². The van der Waals surface area contributed by atoms with Crippen LogP contribution in [0.15, 0.2) is 53.8 Å². The highest BCUT2D eigenvalue weighted by atomic mass is 16.6. The maximum Gasteiger partial charge on any atom is 0.272 e. The number of rotatable bonds is 3. The van der Waals surface area contributed by atoms with E-state index in [0.29, 0.717) is 10.9 Å². The molecule has 1 aromatic heterocycles. The molecule has 0 bridgehead atoms. The van der Waals surface area contributed by atoms with Crippen LogP contribution >= 0.6 is 0 Å². The van der Waals surface area contributed by atoms with E-state index in [4.69, 9.17) is 5.53 Å². The summed E-state index contributed by atoms with van der Waals surface area (Å²) in [5.41, 5.74) is 9.90. The van der Waals surface area contributed by atoms with Crippen LogP contribution in [0.25, 0.3) is 27.0 Å². The number of benzene rings is 2. The SMILES string of the molecule is [N-]=[N+]=Nc1cc([N+](=O)[O-])cc2c1cnn2-c1ccccc1. The van der Waals surface area contributed by atoms with Gasteiger partial charge in [-0.1, -0.05) is 23.3 Å². The van der Waals surface area contributed by atoms with Gasteiger partial charge in [0.25, 0.3) is 5.69 Å². The monoisotopic (exact) mass is 280 g/mol. The number of nitrogens with zero attached hydrogens (tertiary/aromatic N) is 6. The van der Waals surface area contributed by atoms with Gasteiger partial charge in [-0.3, -0.25) is 10.1 Å². The van der Waals surface area contributed by atoms with E-state index >= 15 is 0 Å². The number of hydrogen-bond acceptors (Lipinski definition) is 4. The van der Waals surface area contributed by atoms with Crippen molar-refractivity contribution in [2.45, 2.75) is 0 Å². The summed E-state index contributed by atoms with van der Waals surface area (Å²) in [7, 11) is 0. The third-order valence-corrected chi connectivity index (χ3v) is 3.02. The van der Waals surface area contributed by atoms with E-state index in [-0.39, 0.29) is 11.4 Å². The molecule has 1 heterocycles. The molecule has 0 saturated heterocycles. The minimum atomic E-state index is -0.530. The number of non-ortho nitro benzene ring substituents is 1. The van der Waals surface area contributed by atoms with Gasteiger partial charge in [0, 0.05) is 22.4 Å². The Hall–Kier alpha value is -3.38. The van der Waals surface area contributed by atoms with Crippen molar-refractivity contribution in [3.63, 3.8) is 0 Å². The van der Waals surface area contributed by atoms with Crippen molar-refractivity contribution >= 4 is 22.3 Å². The number of nitro benzene ring substituents is 1. The molecule has 0 spiro atoms. The Morgan fingerprint density at radius 3 is 2.71 bits per heavy atom. The lowest BCUT2D eigenvalue weighted by Gasteiger charge is -2.03. The van der Waals surface area contributed by atoms with E-state index in [1.54, 1.807) is 4.68 Å². The van der Waals surface area contributed by atoms with Gasteiger partial charge in [-0.2, -0.15) is 5.10 Å². The quantitative estimate of drug-likeness (QED) is 0.238. The van der Waals surface area contributed by atoms with E-state index in [2.05, 4.69) is 15.1 Å². The van der Waals surface area contributed by atoms with Crippen molar-refractivity contribution in [1.29, 1.82) is 0 Å². The second kappa shape index (κ2) is 4.95. The molecule has 0 aliphatic carbocycles. The average Bonchev–Trinajstić information content (AvgIpc) is 2.92. The van der Waals surface area contributed by atoms with Crippen molar-refractivity contribution in [3.05, 3.63) is 69.2 Å². The first-order chi connectivity index (χ1) is 10.2. The second-order valence-corrected chi connectivity index (χ2v) is 4.24. The Morgan fingerprint density at radius 2 is 2.05 bits per heavy atom. The van der Waals surface area contributed by atoms with Gasteiger partial charge in [-0.05, 0) is 17.7 Å². The van der Waals surface area contributed by atoms with Crippen LogP contribution in [0.5, 0.6) is 0 Å². The molecule has 0 aliphatic heterocycles. The molecule has 102 valence electrons. The van der Waals surface area contributed by atoms with Crippen LogP contribution in [0.4, 0.5) is 11.4 Å². The van der Waals surface area contributed by atoms with E-state index in [0.717, 1.165) is 5.69 Å². The number of azide groups is 1. The third kappa shape index (κ3) is 2.15. The summed E-state index contributed by atoms with van der Waals surface area (Å²) in [6.45, 7) is 0. The lowest BCUT2D eigenvalue weighted by molar-refractivity contribution is -0.384. The Labute approximate surface area is 118 Å². The maximum absolute atomic E-state index is 11.0. The highest BCUT2D eigenvalue weighted by Crippen LogP contribution is 2.32. The molecule has 3 rings (SSSR count). The lowest BCUT2D eigenvalue weighted by Crippen LogP contribution is -1.96. The molecule has 0 radical (unpaired) electrons. The van der Waals surface area contributed by atoms with Crippen molar-refractivity contribution < 1.29 is 4.92 Å². The molecule has 8 heteroatoms. The Morgan fingerprint density at radius 1 is 1.29 bits per heavy atom. The molecule has 0 saturated carbocycles. The molecular weight excluding hydrogens is 272 g/mol. The van der Waals surface area contributed by atoms with Gasteiger partial charge < -0.3 is 0 Å². The smallest absolute Gasteiger partial charge is 0.258 e. The molecule has 3 aromatic rings. The van der Waals surface area contributed by atoms with E-state index in [1.165, 1.54) is 18.3 Å². The highest BCUT2D eigenvalue weighted by Gasteiger charge is 2.15.